The summed E-state index contributed by atoms with van der Waals surface area (Å²) in [5.41, 5.74) is 13.0. The first-order chi connectivity index (χ1) is 10.2. The third-order valence-electron chi connectivity index (χ3n) is 3.02. The third kappa shape index (κ3) is 4.59. The first-order valence-corrected chi connectivity index (χ1v) is 7.71. The molecule has 0 unspecified atom stereocenters. The summed E-state index contributed by atoms with van der Waals surface area (Å²) in [6.07, 6.45) is 5.78. The van der Waals surface area contributed by atoms with Gasteiger partial charge in [-0.1, -0.05) is 6.42 Å². The van der Waals surface area contributed by atoms with Gasteiger partial charge in [-0.25, -0.2) is 4.98 Å². The van der Waals surface area contributed by atoms with E-state index >= 15 is 0 Å². The number of thiazole rings is 1. The standard InChI is InChI=1S/C14H19N5OS/c15-6-2-1-3-11(16)13(20)19-14-18-12(9-21-14)10-4-7-17-8-5-10/h4-5,7-9,11H,1-3,6,15-16H2,(H,18,19,20)/t11-/m0/s1. The molecule has 2 heterocycles. The highest BCUT2D eigenvalue weighted by Gasteiger charge is 2.15. The van der Waals surface area contributed by atoms with Gasteiger partial charge in [-0.15, -0.1) is 11.3 Å². The van der Waals surface area contributed by atoms with Crippen molar-refractivity contribution in [3.8, 4) is 11.3 Å². The fourth-order valence-corrected chi connectivity index (χ4v) is 2.55. The molecule has 0 aliphatic rings. The minimum atomic E-state index is -0.523. The molecule has 21 heavy (non-hydrogen) atoms. The molecule has 0 saturated heterocycles. The Morgan fingerprint density at radius 2 is 2.10 bits per heavy atom. The number of nitrogens with two attached hydrogens (primary N) is 2. The lowest BCUT2D eigenvalue weighted by molar-refractivity contribution is -0.117. The second kappa shape index (κ2) is 7.82. The summed E-state index contributed by atoms with van der Waals surface area (Å²) in [6, 6.07) is 3.23. The van der Waals surface area contributed by atoms with Crippen molar-refractivity contribution in [2.45, 2.75) is 25.3 Å². The molecular formula is C14H19N5OS. The van der Waals surface area contributed by atoms with Crippen molar-refractivity contribution in [2.24, 2.45) is 11.5 Å². The zero-order chi connectivity index (χ0) is 15.1. The minimum absolute atomic E-state index is 0.206. The SMILES string of the molecule is NCCCC[C@H](N)C(=O)Nc1nc(-c2ccncc2)cs1. The zero-order valence-electron chi connectivity index (χ0n) is 11.7. The van der Waals surface area contributed by atoms with Crippen LogP contribution >= 0.6 is 11.3 Å². The molecule has 7 heteroatoms. The number of nitrogens with zero attached hydrogens (tertiary/aromatic N) is 2. The maximum Gasteiger partial charge on any atom is 0.243 e. The smallest absolute Gasteiger partial charge is 0.243 e. The Morgan fingerprint density at radius 1 is 1.33 bits per heavy atom. The van der Waals surface area contributed by atoms with Crippen molar-refractivity contribution < 1.29 is 4.79 Å². The molecule has 6 nitrogen and oxygen atoms in total. The molecule has 0 spiro atoms. The van der Waals surface area contributed by atoms with Gasteiger partial charge in [0, 0.05) is 23.3 Å². The Morgan fingerprint density at radius 3 is 2.81 bits per heavy atom. The Hall–Kier alpha value is -1.83. The second-order valence-electron chi connectivity index (χ2n) is 4.65. The first-order valence-electron chi connectivity index (χ1n) is 6.83. The molecule has 2 aromatic heterocycles. The molecule has 0 bridgehead atoms. The number of aromatic nitrogens is 2. The third-order valence-corrected chi connectivity index (χ3v) is 3.77. The number of amides is 1. The van der Waals surface area contributed by atoms with Gasteiger partial charge in [-0.05, 0) is 31.5 Å². The molecule has 0 aliphatic carbocycles. The number of unbranched alkanes of at least 4 members (excludes halogenated alkanes) is 1. The van der Waals surface area contributed by atoms with Crippen molar-refractivity contribution in [2.75, 3.05) is 11.9 Å². The molecule has 0 saturated carbocycles. The number of anilines is 1. The van der Waals surface area contributed by atoms with Crippen molar-refractivity contribution in [3.63, 3.8) is 0 Å². The minimum Gasteiger partial charge on any atom is -0.330 e. The lowest BCUT2D eigenvalue weighted by Crippen LogP contribution is -2.35. The quantitative estimate of drug-likeness (QED) is 0.674. The zero-order valence-corrected chi connectivity index (χ0v) is 12.5. The van der Waals surface area contributed by atoms with Crippen LogP contribution in [0.4, 0.5) is 5.13 Å². The molecule has 0 aliphatic heterocycles. The number of carbonyl (C=O) groups excluding carboxylic acids is 1. The van der Waals surface area contributed by atoms with Gasteiger partial charge in [0.1, 0.15) is 0 Å². The van der Waals surface area contributed by atoms with Gasteiger partial charge in [0.25, 0.3) is 0 Å². The van der Waals surface area contributed by atoms with Gasteiger partial charge < -0.3 is 16.8 Å². The largest absolute Gasteiger partial charge is 0.330 e. The molecule has 0 aromatic carbocycles. The summed E-state index contributed by atoms with van der Waals surface area (Å²) in [5.74, 6) is -0.206. The highest BCUT2D eigenvalue weighted by molar-refractivity contribution is 7.14. The molecule has 5 N–H and O–H groups in total. The summed E-state index contributed by atoms with van der Waals surface area (Å²) in [5, 5.41) is 5.21. The molecule has 2 rings (SSSR count). The monoisotopic (exact) mass is 305 g/mol. The predicted molar refractivity (Wildman–Crippen MR) is 84.9 cm³/mol. The molecule has 2 aromatic rings. The lowest BCUT2D eigenvalue weighted by atomic mass is 10.1. The summed E-state index contributed by atoms with van der Waals surface area (Å²) < 4.78 is 0. The van der Waals surface area contributed by atoms with Crippen LogP contribution in [-0.2, 0) is 4.79 Å². The molecule has 0 fully saturated rings. The summed E-state index contributed by atoms with van der Waals surface area (Å²) >= 11 is 1.38. The van der Waals surface area contributed by atoms with Crippen molar-refractivity contribution >= 4 is 22.4 Å². The Balaban J connectivity index is 1.92. The first kappa shape index (κ1) is 15.6. The Labute approximate surface area is 127 Å². The van der Waals surface area contributed by atoms with E-state index in [4.69, 9.17) is 11.5 Å². The maximum absolute atomic E-state index is 11.9. The molecule has 112 valence electrons. The number of hydrogen-bond acceptors (Lipinski definition) is 6. The van der Waals surface area contributed by atoms with E-state index in [-0.39, 0.29) is 5.91 Å². The Kier molecular flexibility index (Phi) is 5.79. The van der Waals surface area contributed by atoms with E-state index in [1.165, 1.54) is 11.3 Å². The fraction of sp³-hybridized carbons (Fsp3) is 0.357. The van der Waals surface area contributed by atoms with Crippen LogP contribution in [0.15, 0.2) is 29.9 Å². The average Bonchev–Trinajstić information content (AvgIpc) is 2.97. The van der Waals surface area contributed by atoms with Crippen molar-refractivity contribution in [1.82, 2.24) is 9.97 Å². The topological polar surface area (TPSA) is 107 Å². The van der Waals surface area contributed by atoms with Crippen LogP contribution in [0.5, 0.6) is 0 Å². The van der Waals surface area contributed by atoms with Gasteiger partial charge >= 0.3 is 0 Å². The van der Waals surface area contributed by atoms with E-state index in [2.05, 4.69) is 15.3 Å². The molecule has 1 atom stereocenters. The lowest BCUT2D eigenvalue weighted by Gasteiger charge is -2.09. The number of rotatable bonds is 7. The Bertz CT molecular complexity index is 572. The van der Waals surface area contributed by atoms with Crippen molar-refractivity contribution in [3.05, 3.63) is 29.9 Å². The van der Waals surface area contributed by atoms with Crippen LogP contribution in [0, 0.1) is 0 Å². The second-order valence-corrected chi connectivity index (χ2v) is 5.51. The summed E-state index contributed by atoms with van der Waals surface area (Å²) in [4.78, 5) is 20.3. The molecule has 1 amide bonds. The van der Waals surface area contributed by atoms with E-state index < -0.39 is 6.04 Å². The number of pyridine rings is 1. The van der Waals surface area contributed by atoms with E-state index in [9.17, 15) is 4.79 Å². The average molecular weight is 305 g/mol. The van der Waals surface area contributed by atoms with Gasteiger partial charge in [0.15, 0.2) is 5.13 Å². The predicted octanol–water partition coefficient (Wildman–Crippen LogP) is 1.60. The van der Waals surface area contributed by atoms with E-state index in [1.54, 1.807) is 12.4 Å². The van der Waals surface area contributed by atoms with Gasteiger partial charge in [-0.3, -0.25) is 9.78 Å². The van der Waals surface area contributed by atoms with Crippen LogP contribution in [0.1, 0.15) is 19.3 Å². The van der Waals surface area contributed by atoms with E-state index in [1.807, 2.05) is 17.5 Å². The fourth-order valence-electron chi connectivity index (χ4n) is 1.82. The summed E-state index contributed by atoms with van der Waals surface area (Å²) in [6.45, 7) is 0.621. The van der Waals surface area contributed by atoms with E-state index in [0.29, 0.717) is 18.1 Å². The molecule has 0 radical (unpaired) electrons. The molecular weight excluding hydrogens is 286 g/mol. The summed E-state index contributed by atoms with van der Waals surface area (Å²) in [7, 11) is 0. The number of carbonyl (C=O) groups is 1. The highest BCUT2D eigenvalue weighted by atomic mass is 32.1. The van der Waals surface area contributed by atoms with Crippen LogP contribution in [-0.4, -0.2) is 28.5 Å². The van der Waals surface area contributed by atoms with Crippen molar-refractivity contribution in [1.29, 1.82) is 0 Å². The maximum atomic E-state index is 11.9. The number of hydrogen-bond donors (Lipinski definition) is 3. The van der Waals surface area contributed by atoms with Gasteiger partial charge in [-0.2, -0.15) is 0 Å². The van der Waals surface area contributed by atoms with Gasteiger partial charge in [0.2, 0.25) is 5.91 Å². The van der Waals surface area contributed by atoms with Gasteiger partial charge in [0.05, 0.1) is 11.7 Å². The van der Waals surface area contributed by atoms with Crippen LogP contribution in [0.2, 0.25) is 0 Å². The number of nitrogens with one attached hydrogen (secondary N) is 1. The van der Waals surface area contributed by atoms with Crippen LogP contribution in [0.3, 0.4) is 0 Å². The van der Waals surface area contributed by atoms with Crippen LogP contribution in [0.25, 0.3) is 11.3 Å². The van der Waals surface area contributed by atoms with Crippen LogP contribution < -0.4 is 16.8 Å². The normalized spacial score (nSPS) is 12.1. The van der Waals surface area contributed by atoms with E-state index in [0.717, 1.165) is 24.1 Å². The highest BCUT2D eigenvalue weighted by Crippen LogP contribution is 2.24.